The highest BCUT2D eigenvalue weighted by Crippen LogP contribution is 2.32. The SMILES string of the molecule is Cc1c([N+](=O)[O-])cccc1S(=O)(=O)Nc1ccccc1N1CCCC1=O. The molecule has 1 heterocycles. The smallest absolute Gasteiger partial charge is 0.273 e. The second-order valence-corrected chi connectivity index (χ2v) is 7.58. The summed E-state index contributed by atoms with van der Waals surface area (Å²) in [5.41, 5.74) is 0.519. The lowest BCUT2D eigenvalue weighted by Gasteiger charge is -2.20. The van der Waals surface area contributed by atoms with Crippen molar-refractivity contribution in [1.29, 1.82) is 0 Å². The van der Waals surface area contributed by atoms with Gasteiger partial charge in [-0.3, -0.25) is 19.6 Å². The van der Waals surface area contributed by atoms with Gasteiger partial charge in [0.15, 0.2) is 0 Å². The predicted molar refractivity (Wildman–Crippen MR) is 96.7 cm³/mol. The van der Waals surface area contributed by atoms with Crippen LogP contribution in [0.3, 0.4) is 0 Å². The summed E-state index contributed by atoms with van der Waals surface area (Å²) in [6.07, 6.45) is 1.13. The van der Waals surface area contributed by atoms with Crippen LogP contribution in [0.2, 0.25) is 0 Å². The second kappa shape index (κ2) is 6.75. The Morgan fingerprint density at radius 3 is 2.54 bits per heavy atom. The third kappa shape index (κ3) is 3.25. The van der Waals surface area contributed by atoms with Crippen LogP contribution in [0.5, 0.6) is 0 Å². The Balaban J connectivity index is 2.01. The van der Waals surface area contributed by atoms with Gasteiger partial charge in [0.1, 0.15) is 0 Å². The Kier molecular flexibility index (Phi) is 4.64. The van der Waals surface area contributed by atoms with Crippen LogP contribution in [0.15, 0.2) is 47.4 Å². The molecule has 8 nitrogen and oxygen atoms in total. The number of amides is 1. The summed E-state index contributed by atoms with van der Waals surface area (Å²) in [4.78, 5) is 23.8. The molecule has 136 valence electrons. The largest absolute Gasteiger partial charge is 0.310 e. The summed E-state index contributed by atoms with van der Waals surface area (Å²) in [6, 6.07) is 10.5. The zero-order valence-electron chi connectivity index (χ0n) is 14.0. The van der Waals surface area contributed by atoms with Crippen LogP contribution in [-0.4, -0.2) is 25.8 Å². The number of nitrogens with zero attached hydrogens (tertiary/aromatic N) is 2. The Morgan fingerprint density at radius 1 is 1.15 bits per heavy atom. The number of nitrogens with one attached hydrogen (secondary N) is 1. The minimum Gasteiger partial charge on any atom is -0.310 e. The molecule has 1 amide bonds. The molecule has 0 saturated carbocycles. The normalized spacial score (nSPS) is 14.5. The van der Waals surface area contributed by atoms with Gasteiger partial charge in [-0.25, -0.2) is 8.42 Å². The number of hydrogen-bond acceptors (Lipinski definition) is 5. The first-order chi connectivity index (χ1) is 12.3. The van der Waals surface area contributed by atoms with Crippen molar-refractivity contribution in [2.75, 3.05) is 16.2 Å². The van der Waals surface area contributed by atoms with Gasteiger partial charge in [0.25, 0.3) is 15.7 Å². The molecule has 0 bridgehead atoms. The van der Waals surface area contributed by atoms with E-state index < -0.39 is 14.9 Å². The number of benzene rings is 2. The van der Waals surface area contributed by atoms with Crippen LogP contribution >= 0.6 is 0 Å². The van der Waals surface area contributed by atoms with Crippen LogP contribution in [0.4, 0.5) is 17.1 Å². The highest BCUT2D eigenvalue weighted by Gasteiger charge is 2.27. The van der Waals surface area contributed by atoms with E-state index in [1.54, 1.807) is 24.3 Å². The number of sulfonamides is 1. The number of nitro benzene ring substituents is 1. The summed E-state index contributed by atoms with van der Waals surface area (Å²) in [7, 11) is -4.06. The fourth-order valence-electron chi connectivity index (χ4n) is 2.99. The lowest BCUT2D eigenvalue weighted by molar-refractivity contribution is -0.385. The Hall–Kier alpha value is -2.94. The summed E-state index contributed by atoms with van der Waals surface area (Å²) in [5, 5.41) is 11.1. The van der Waals surface area contributed by atoms with Gasteiger partial charge in [-0.05, 0) is 31.5 Å². The van der Waals surface area contributed by atoms with E-state index in [4.69, 9.17) is 0 Å². The lowest BCUT2D eigenvalue weighted by Crippen LogP contribution is -2.25. The van der Waals surface area contributed by atoms with Crippen molar-refractivity contribution in [3.8, 4) is 0 Å². The Bertz CT molecular complexity index is 988. The third-order valence-corrected chi connectivity index (χ3v) is 5.76. The highest BCUT2D eigenvalue weighted by molar-refractivity contribution is 7.92. The topological polar surface area (TPSA) is 110 Å². The zero-order valence-corrected chi connectivity index (χ0v) is 14.8. The molecule has 1 aliphatic heterocycles. The Labute approximate surface area is 150 Å². The third-order valence-electron chi connectivity index (χ3n) is 4.25. The van der Waals surface area contributed by atoms with Gasteiger partial charge in [-0.15, -0.1) is 0 Å². The molecule has 0 aliphatic carbocycles. The first-order valence-corrected chi connectivity index (χ1v) is 9.46. The molecule has 0 radical (unpaired) electrons. The van der Waals surface area contributed by atoms with E-state index >= 15 is 0 Å². The van der Waals surface area contributed by atoms with Crippen LogP contribution < -0.4 is 9.62 Å². The van der Waals surface area contributed by atoms with E-state index in [0.717, 1.165) is 0 Å². The van der Waals surface area contributed by atoms with E-state index in [-0.39, 0.29) is 27.7 Å². The summed E-state index contributed by atoms with van der Waals surface area (Å²) in [5.74, 6) is -0.0665. The molecule has 2 aromatic carbocycles. The van der Waals surface area contributed by atoms with Crippen LogP contribution in [0, 0.1) is 17.0 Å². The summed E-state index contributed by atoms with van der Waals surface area (Å²) in [6.45, 7) is 1.91. The van der Waals surface area contributed by atoms with E-state index in [1.807, 2.05) is 0 Å². The average Bonchev–Trinajstić information content (AvgIpc) is 3.00. The number of hydrogen-bond donors (Lipinski definition) is 1. The number of rotatable bonds is 5. The van der Waals surface area contributed by atoms with Crippen molar-refractivity contribution in [3.05, 3.63) is 58.1 Å². The lowest BCUT2D eigenvalue weighted by atomic mass is 10.2. The maximum Gasteiger partial charge on any atom is 0.273 e. The summed E-state index contributed by atoms with van der Waals surface area (Å²) >= 11 is 0. The molecule has 0 atom stereocenters. The molecule has 0 unspecified atom stereocenters. The van der Waals surface area contributed by atoms with Gasteiger partial charge >= 0.3 is 0 Å². The van der Waals surface area contributed by atoms with Gasteiger partial charge in [0.2, 0.25) is 5.91 Å². The van der Waals surface area contributed by atoms with E-state index in [9.17, 15) is 23.3 Å². The molecular weight excluding hydrogens is 358 g/mol. The fraction of sp³-hybridized carbons (Fsp3) is 0.235. The second-order valence-electron chi connectivity index (χ2n) is 5.93. The van der Waals surface area contributed by atoms with Crippen molar-refractivity contribution >= 4 is 33.0 Å². The van der Waals surface area contributed by atoms with Crippen LogP contribution in [0.1, 0.15) is 18.4 Å². The van der Waals surface area contributed by atoms with E-state index in [1.165, 1.54) is 30.0 Å². The van der Waals surface area contributed by atoms with E-state index in [0.29, 0.717) is 25.1 Å². The average molecular weight is 375 g/mol. The number of nitro groups is 1. The van der Waals surface area contributed by atoms with Crippen LogP contribution in [-0.2, 0) is 14.8 Å². The summed E-state index contributed by atoms with van der Waals surface area (Å²) < 4.78 is 28.1. The minimum absolute atomic E-state index is 0.0553. The fourth-order valence-corrected chi connectivity index (χ4v) is 4.33. The number of carbonyl (C=O) groups excluding carboxylic acids is 1. The number of carbonyl (C=O) groups is 1. The monoisotopic (exact) mass is 375 g/mol. The highest BCUT2D eigenvalue weighted by atomic mass is 32.2. The van der Waals surface area contributed by atoms with Gasteiger partial charge in [0, 0.05) is 24.6 Å². The van der Waals surface area contributed by atoms with Crippen molar-refractivity contribution < 1.29 is 18.1 Å². The molecule has 2 aromatic rings. The van der Waals surface area contributed by atoms with Crippen molar-refractivity contribution in [1.82, 2.24) is 0 Å². The first kappa shape index (κ1) is 17.9. The van der Waals surface area contributed by atoms with Crippen molar-refractivity contribution in [2.45, 2.75) is 24.7 Å². The molecule has 0 spiro atoms. The van der Waals surface area contributed by atoms with Crippen molar-refractivity contribution in [2.24, 2.45) is 0 Å². The molecule has 1 saturated heterocycles. The standard InChI is InChI=1S/C17H17N3O5S/c1-12-14(20(22)23)8-4-9-16(12)26(24,25)18-13-6-2-3-7-15(13)19-11-5-10-17(19)21/h2-4,6-9,18H,5,10-11H2,1H3. The van der Waals surface area contributed by atoms with Gasteiger partial charge in [-0.2, -0.15) is 0 Å². The van der Waals surface area contributed by atoms with Gasteiger partial charge in [-0.1, -0.05) is 18.2 Å². The quantitative estimate of drug-likeness (QED) is 0.638. The number of para-hydroxylation sites is 2. The van der Waals surface area contributed by atoms with Gasteiger partial charge in [0.05, 0.1) is 21.2 Å². The molecule has 1 aliphatic rings. The number of anilines is 2. The molecule has 26 heavy (non-hydrogen) atoms. The molecular formula is C17H17N3O5S. The maximum absolute atomic E-state index is 12.8. The predicted octanol–water partition coefficient (Wildman–Crippen LogP) is 2.83. The Morgan fingerprint density at radius 2 is 1.88 bits per heavy atom. The van der Waals surface area contributed by atoms with E-state index in [2.05, 4.69) is 4.72 Å². The maximum atomic E-state index is 12.8. The van der Waals surface area contributed by atoms with Crippen LogP contribution in [0.25, 0.3) is 0 Å². The molecule has 1 N–H and O–H groups in total. The molecule has 3 rings (SSSR count). The molecule has 1 fully saturated rings. The zero-order chi connectivity index (χ0) is 18.9. The molecule has 0 aromatic heterocycles. The van der Waals surface area contributed by atoms with Crippen molar-refractivity contribution in [3.63, 3.8) is 0 Å². The van der Waals surface area contributed by atoms with Gasteiger partial charge < -0.3 is 4.90 Å². The first-order valence-electron chi connectivity index (χ1n) is 7.97. The molecule has 9 heteroatoms. The minimum atomic E-state index is -4.06.